The van der Waals surface area contributed by atoms with Crippen molar-refractivity contribution in [1.82, 2.24) is 5.32 Å². The van der Waals surface area contributed by atoms with Gasteiger partial charge in [0.1, 0.15) is 0 Å². The van der Waals surface area contributed by atoms with E-state index in [1.54, 1.807) is 0 Å². The number of hydrogen-bond donors (Lipinski definition) is 1. The lowest BCUT2D eigenvalue weighted by molar-refractivity contribution is -0.154. The van der Waals surface area contributed by atoms with Crippen molar-refractivity contribution in [2.75, 3.05) is 21.3 Å². The third-order valence-corrected chi connectivity index (χ3v) is 1.46. The summed E-state index contributed by atoms with van der Waals surface area (Å²) in [5, 5.41) is 2.19. The van der Waals surface area contributed by atoms with Gasteiger partial charge in [0.25, 0.3) is 0 Å². The fraction of sp³-hybridized carbons (Fsp3) is 0.500. The molecular weight excluding hydrogens is 204 g/mol. The van der Waals surface area contributed by atoms with E-state index in [-0.39, 0.29) is 0 Å². The topological polar surface area (TPSA) is 94.1 Å². The molecular formula is C8H12N2O5. The molecule has 0 unspecified atom stereocenters. The van der Waals surface area contributed by atoms with Crippen LogP contribution in [0.4, 0.5) is 4.79 Å². The van der Waals surface area contributed by atoms with Crippen molar-refractivity contribution in [2.24, 2.45) is 10.9 Å². The quantitative estimate of drug-likeness (QED) is 0.384. The van der Waals surface area contributed by atoms with E-state index in [1.807, 2.05) is 0 Å². The average molecular weight is 216 g/mol. The number of urea groups is 1. The monoisotopic (exact) mass is 216 g/mol. The van der Waals surface area contributed by atoms with E-state index in [2.05, 4.69) is 19.8 Å². The highest BCUT2D eigenvalue weighted by atomic mass is 16.5. The first kappa shape index (κ1) is 13.1. The van der Waals surface area contributed by atoms with Crippen LogP contribution in [-0.4, -0.2) is 45.5 Å². The first-order valence-electron chi connectivity index (χ1n) is 3.98. The fourth-order valence-corrected chi connectivity index (χ4v) is 0.679. The van der Waals surface area contributed by atoms with Crippen LogP contribution in [0.2, 0.25) is 0 Å². The van der Waals surface area contributed by atoms with Crippen molar-refractivity contribution in [3.8, 4) is 0 Å². The lowest BCUT2D eigenvalue weighted by Crippen LogP contribution is -2.28. The van der Waals surface area contributed by atoms with Crippen molar-refractivity contribution in [3.05, 3.63) is 0 Å². The number of rotatable bonds is 3. The van der Waals surface area contributed by atoms with Gasteiger partial charge in [0, 0.05) is 13.3 Å². The minimum atomic E-state index is -1.32. The van der Waals surface area contributed by atoms with Gasteiger partial charge in [0.15, 0.2) is 5.92 Å². The van der Waals surface area contributed by atoms with E-state index in [4.69, 9.17) is 0 Å². The van der Waals surface area contributed by atoms with Gasteiger partial charge >= 0.3 is 18.0 Å². The largest absolute Gasteiger partial charge is 0.468 e. The minimum Gasteiger partial charge on any atom is -0.468 e. The molecule has 0 heterocycles. The van der Waals surface area contributed by atoms with Gasteiger partial charge in [-0.15, -0.1) is 0 Å². The molecule has 84 valence electrons. The standard InChI is InChI=1S/C8H12N2O5/c1-9-8(13)10-4-5(6(11)14-2)7(12)15-3/h4-5H,1-3H3,(H,9,13). The zero-order chi connectivity index (χ0) is 11.8. The molecule has 0 rings (SSSR count). The Kier molecular flexibility index (Phi) is 5.69. The van der Waals surface area contributed by atoms with Crippen molar-refractivity contribution in [2.45, 2.75) is 0 Å². The summed E-state index contributed by atoms with van der Waals surface area (Å²) in [4.78, 5) is 36.2. The van der Waals surface area contributed by atoms with Crippen LogP contribution < -0.4 is 5.32 Å². The molecule has 15 heavy (non-hydrogen) atoms. The van der Waals surface area contributed by atoms with E-state index in [0.717, 1.165) is 20.4 Å². The molecule has 0 aliphatic heterocycles. The van der Waals surface area contributed by atoms with E-state index >= 15 is 0 Å². The second-order valence-corrected chi connectivity index (χ2v) is 2.36. The van der Waals surface area contributed by atoms with Crippen LogP contribution in [0.1, 0.15) is 0 Å². The third kappa shape index (κ3) is 4.21. The number of carbonyl (C=O) groups is 3. The summed E-state index contributed by atoms with van der Waals surface area (Å²) in [5.41, 5.74) is 0. The predicted molar refractivity (Wildman–Crippen MR) is 50.5 cm³/mol. The molecule has 1 N–H and O–H groups in total. The Balaban J connectivity index is 4.65. The van der Waals surface area contributed by atoms with Crippen LogP contribution in [0.15, 0.2) is 4.99 Å². The molecule has 0 aromatic heterocycles. The van der Waals surface area contributed by atoms with Gasteiger partial charge < -0.3 is 14.8 Å². The molecule has 2 amide bonds. The molecule has 7 heteroatoms. The number of amides is 2. The minimum absolute atomic E-state index is 0.673. The summed E-state index contributed by atoms with van der Waals surface area (Å²) in [6.45, 7) is 0. The molecule has 0 atom stereocenters. The maximum absolute atomic E-state index is 11.1. The van der Waals surface area contributed by atoms with Crippen LogP contribution in [-0.2, 0) is 19.1 Å². The van der Waals surface area contributed by atoms with Crippen molar-refractivity contribution >= 4 is 24.2 Å². The van der Waals surface area contributed by atoms with Gasteiger partial charge in [0.2, 0.25) is 0 Å². The Morgan fingerprint density at radius 3 is 2.00 bits per heavy atom. The van der Waals surface area contributed by atoms with Crippen LogP contribution in [0, 0.1) is 5.92 Å². The zero-order valence-electron chi connectivity index (χ0n) is 8.64. The first-order valence-corrected chi connectivity index (χ1v) is 3.98. The number of carbonyl (C=O) groups excluding carboxylic acids is 3. The number of nitrogens with one attached hydrogen (secondary N) is 1. The van der Waals surface area contributed by atoms with E-state index in [9.17, 15) is 14.4 Å². The van der Waals surface area contributed by atoms with Crippen LogP contribution in [0.25, 0.3) is 0 Å². The highest BCUT2D eigenvalue weighted by Gasteiger charge is 2.26. The molecule has 0 radical (unpaired) electrons. The highest BCUT2D eigenvalue weighted by Crippen LogP contribution is 1.99. The second kappa shape index (κ2) is 6.52. The number of hydrogen-bond acceptors (Lipinski definition) is 5. The summed E-state index contributed by atoms with van der Waals surface area (Å²) in [6, 6.07) is -0.673. The summed E-state index contributed by atoms with van der Waals surface area (Å²) >= 11 is 0. The summed E-state index contributed by atoms with van der Waals surface area (Å²) < 4.78 is 8.68. The summed E-state index contributed by atoms with van der Waals surface area (Å²) in [7, 11) is 3.60. The van der Waals surface area contributed by atoms with Crippen molar-refractivity contribution in [1.29, 1.82) is 0 Å². The number of nitrogens with zero attached hydrogens (tertiary/aromatic N) is 1. The van der Waals surface area contributed by atoms with Crippen LogP contribution in [0.5, 0.6) is 0 Å². The smallest absolute Gasteiger partial charge is 0.340 e. The van der Waals surface area contributed by atoms with Gasteiger partial charge in [0.05, 0.1) is 14.2 Å². The van der Waals surface area contributed by atoms with E-state index < -0.39 is 23.9 Å². The lowest BCUT2D eigenvalue weighted by Gasteiger charge is -2.06. The molecule has 0 fully saturated rings. The van der Waals surface area contributed by atoms with Crippen molar-refractivity contribution in [3.63, 3.8) is 0 Å². The molecule has 0 aliphatic rings. The molecule has 0 aromatic carbocycles. The normalized spacial score (nSPS) is 10.1. The second-order valence-electron chi connectivity index (χ2n) is 2.36. The zero-order valence-corrected chi connectivity index (χ0v) is 8.64. The van der Waals surface area contributed by atoms with E-state index in [0.29, 0.717) is 0 Å². The predicted octanol–water partition coefficient (Wildman–Crippen LogP) is -0.641. The molecule has 0 aromatic rings. The molecule has 0 saturated carbocycles. The van der Waals surface area contributed by atoms with Crippen molar-refractivity contribution < 1.29 is 23.9 Å². The molecule has 7 nitrogen and oxygen atoms in total. The molecule has 0 aliphatic carbocycles. The van der Waals surface area contributed by atoms with E-state index in [1.165, 1.54) is 7.05 Å². The van der Waals surface area contributed by atoms with Gasteiger partial charge in [-0.2, -0.15) is 0 Å². The Morgan fingerprint density at radius 2 is 1.67 bits per heavy atom. The Morgan fingerprint density at radius 1 is 1.20 bits per heavy atom. The average Bonchev–Trinajstić information content (AvgIpc) is 2.27. The number of ether oxygens (including phenoxy) is 2. The third-order valence-electron chi connectivity index (χ3n) is 1.46. The Hall–Kier alpha value is -1.92. The van der Waals surface area contributed by atoms with Crippen LogP contribution in [0.3, 0.4) is 0 Å². The van der Waals surface area contributed by atoms with Gasteiger partial charge in [-0.05, 0) is 0 Å². The van der Waals surface area contributed by atoms with Crippen LogP contribution >= 0.6 is 0 Å². The Labute approximate surface area is 86.5 Å². The van der Waals surface area contributed by atoms with Gasteiger partial charge in [-0.3, -0.25) is 9.59 Å². The number of methoxy groups -OCH3 is 2. The van der Waals surface area contributed by atoms with Gasteiger partial charge in [-0.1, -0.05) is 0 Å². The maximum atomic E-state index is 11.1. The lowest BCUT2D eigenvalue weighted by atomic mass is 10.2. The summed E-state index contributed by atoms with van der Waals surface area (Å²) in [5.74, 6) is -3.00. The maximum Gasteiger partial charge on any atom is 0.340 e. The fourth-order valence-electron chi connectivity index (χ4n) is 0.679. The van der Waals surface area contributed by atoms with Gasteiger partial charge in [-0.25, -0.2) is 9.79 Å². The first-order chi connectivity index (χ1) is 7.06. The molecule has 0 saturated heterocycles. The summed E-state index contributed by atoms with van der Waals surface area (Å²) in [6.07, 6.45) is 0.872. The highest BCUT2D eigenvalue weighted by molar-refractivity contribution is 6.10. The molecule has 0 spiro atoms. The number of aliphatic imine (C=N–C) groups is 1. The SMILES string of the molecule is CNC(=O)N=CC(C(=O)OC)C(=O)OC. The molecule has 0 bridgehead atoms. The number of esters is 2. The Bertz CT molecular complexity index is 271.